The Bertz CT molecular complexity index is 1280. The van der Waals surface area contributed by atoms with Crippen LogP contribution in [0, 0.1) is 11.6 Å². The summed E-state index contributed by atoms with van der Waals surface area (Å²) in [6.07, 6.45) is 1.43. The van der Waals surface area contributed by atoms with Crippen LogP contribution in [-0.2, 0) is 4.74 Å². The summed E-state index contributed by atoms with van der Waals surface area (Å²) >= 11 is 0. The average Bonchev–Trinajstić information content (AvgIpc) is 3.56. The SMILES string of the molecule is CC(C)(C)OC(=O)N1CCN(c2ncnc3c2c(C2CC2)cn3-c2cc(F)cc(F)c2)CC1C(F)F. The summed E-state index contributed by atoms with van der Waals surface area (Å²) in [7, 11) is 0. The minimum absolute atomic E-state index is 0.0317. The molecule has 0 N–H and O–H groups in total. The van der Waals surface area contributed by atoms with E-state index < -0.39 is 35.8 Å². The first kappa shape index (κ1) is 24.3. The predicted molar refractivity (Wildman–Crippen MR) is 126 cm³/mol. The second-order valence-corrected chi connectivity index (χ2v) is 10.3. The van der Waals surface area contributed by atoms with Gasteiger partial charge in [0.25, 0.3) is 6.43 Å². The monoisotopic (exact) mass is 505 g/mol. The Kier molecular flexibility index (Phi) is 6.04. The number of carbonyl (C=O) groups is 1. The quantitative estimate of drug-likeness (QED) is 0.453. The third-order valence-corrected chi connectivity index (χ3v) is 6.37. The molecule has 2 aliphatic rings. The lowest BCUT2D eigenvalue weighted by Crippen LogP contribution is -2.59. The van der Waals surface area contributed by atoms with E-state index in [0.29, 0.717) is 16.9 Å². The molecule has 1 atom stereocenters. The largest absolute Gasteiger partial charge is 0.444 e. The van der Waals surface area contributed by atoms with Crippen LogP contribution in [0.2, 0.25) is 0 Å². The molecule has 0 spiro atoms. The Hall–Kier alpha value is -3.37. The zero-order chi connectivity index (χ0) is 25.8. The minimum atomic E-state index is -2.79. The van der Waals surface area contributed by atoms with Crippen molar-refractivity contribution in [1.82, 2.24) is 19.4 Å². The summed E-state index contributed by atoms with van der Waals surface area (Å²) in [5.74, 6) is -0.739. The maximum atomic E-state index is 14.1. The highest BCUT2D eigenvalue weighted by atomic mass is 19.3. The Morgan fingerprint density at radius 2 is 1.78 bits per heavy atom. The molecule has 3 heterocycles. The van der Waals surface area contributed by atoms with E-state index in [1.807, 2.05) is 0 Å². The van der Waals surface area contributed by atoms with Crippen LogP contribution in [0.25, 0.3) is 16.7 Å². The zero-order valence-electron chi connectivity index (χ0n) is 20.2. The zero-order valence-corrected chi connectivity index (χ0v) is 20.2. The molecule has 2 aromatic heterocycles. The molecule has 0 bridgehead atoms. The standard InChI is InChI=1S/C25H27F4N5O2/c1-25(2,3)36-24(35)33-7-6-32(12-19(33)21(28)29)22-20-18(14-4-5-14)11-34(23(20)31-13-30-22)17-9-15(26)8-16(27)10-17/h8-11,13-14,19,21H,4-7,12H2,1-3H3. The number of hydrogen-bond acceptors (Lipinski definition) is 5. The smallest absolute Gasteiger partial charge is 0.410 e. The number of benzene rings is 1. The number of fused-ring (bicyclic) bond motifs is 1. The lowest BCUT2D eigenvalue weighted by atomic mass is 10.1. The number of piperazine rings is 1. The van der Waals surface area contributed by atoms with Gasteiger partial charge in [0.15, 0.2) is 0 Å². The fourth-order valence-corrected chi connectivity index (χ4v) is 4.66. The fourth-order valence-electron chi connectivity index (χ4n) is 4.66. The van der Waals surface area contributed by atoms with Crippen LogP contribution in [0.4, 0.5) is 28.2 Å². The molecular weight excluding hydrogens is 478 g/mol. The van der Waals surface area contributed by atoms with Crippen molar-refractivity contribution in [2.45, 2.75) is 57.6 Å². The van der Waals surface area contributed by atoms with Gasteiger partial charge in [-0.25, -0.2) is 32.3 Å². The highest BCUT2D eigenvalue weighted by molar-refractivity contribution is 5.93. The molecule has 1 amide bonds. The maximum absolute atomic E-state index is 14.1. The first-order valence-electron chi connectivity index (χ1n) is 11.9. The summed E-state index contributed by atoms with van der Waals surface area (Å²) in [5, 5.41) is 0.670. The molecule has 1 aromatic carbocycles. The highest BCUT2D eigenvalue weighted by Crippen LogP contribution is 2.46. The summed E-state index contributed by atoms with van der Waals surface area (Å²) in [6.45, 7) is 5.20. The number of anilines is 1. The molecule has 7 nitrogen and oxygen atoms in total. The number of hydrogen-bond donors (Lipinski definition) is 0. The number of carbonyl (C=O) groups excluding carboxylic acids is 1. The van der Waals surface area contributed by atoms with Gasteiger partial charge in [-0.2, -0.15) is 0 Å². The summed E-state index contributed by atoms with van der Waals surface area (Å²) < 4.78 is 63.1. The van der Waals surface area contributed by atoms with Gasteiger partial charge >= 0.3 is 6.09 Å². The van der Waals surface area contributed by atoms with Crippen LogP contribution < -0.4 is 4.90 Å². The van der Waals surface area contributed by atoms with Gasteiger partial charge in [0.05, 0.1) is 11.1 Å². The molecule has 192 valence electrons. The molecule has 5 rings (SSSR count). The van der Waals surface area contributed by atoms with Crippen molar-refractivity contribution >= 4 is 22.9 Å². The van der Waals surface area contributed by atoms with Crippen molar-refractivity contribution in [3.63, 3.8) is 0 Å². The van der Waals surface area contributed by atoms with E-state index >= 15 is 0 Å². The topological polar surface area (TPSA) is 63.5 Å². The molecule has 11 heteroatoms. The average molecular weight is 506 g/mol. The van der Waals surface area contributed by atoms with Crippen molar-refractivity contribution in [1.29, 1.82) is 0 Å². The van der Waals surface area contributed by atoms with Gasteiger partial charge in [-0.15, -0.1) is 0 Å². The van der Waals surface area contributed by atoms with Crippen LogP contribution in [0.1, 0.15) is 45.1 Å². The van der Waals surface area contributed by atoms with Crippen LogP contribution in [0.3, 0.4) is 0 Å². The van der Waals surface area contributed by atoms with Crippen molar-refractivity contribution in [2.24, 2.45) is 0 Å². The number of ether oxygens (including phenoxy) is 1. The minimum Gasteiger partial charge on any atom is -0.444 e. The lowest BCUT2D eigenvalue weighted by molar-refractivity contribution is -0.0179. The summed E-state index contributed by atoms with van der Waals surface area (Å²) in [4.78, 5) is 24.2. The molecule has 2 fully saturated rings. The number of alkyl halides is 2. The normalized spacial score (nSPS) is 18.8. The first-order valence-corrected chi connectivity index (χ1v) is 11.9. The van der Waals surface area contributed by atoms with E-state index in [2.05, 4.69) is 9.97 Å². The van der Waals surface area contributed by atoms with Crippen LogP contribution in [-0.4, -0.2) is 63.2 Å². The molecule has 0 radical (unpaired) electrons. The number of rotatable bonds is 4. The Morgan fingerprint density at radius 1 is 1.08 bits per heavy atom. The number of nitrogens with zero attached hydrogens (tertiary/aromatic N) is 5. The van der Waals surface area contributed by atoms with Gasteiger partial charge in [0, 0.05) is 31.9 Å². The Morgan fingerprint density at radius 3 is 2.39 bits per heavy atom. The van der Waals surface area contributed by atoms with Gasteiger partial charge < -0.3 is 14.2 Å². The molecule has 3 aromatic rings. The van der Waals surface area contributed by atoms with Gasteiger partial charge in [-0.3, -0.25) is 4.90 Å². The fraction of sp³-hybridized carbons (Fsp3) is 0.480. The van der Waals surface area contributed by atoms with Crippen molar-refractivity contribution in [3.05, 3.63) is 47.9 Å². The van der Waals surface area contributed by atoms with Crippen LogP contribution in [0.15, 0.2) is 30.7 Å². The van der Waals surface area contributed by atoms with Gasteiger partial charge in [0.2, 0.25) is 0 Å². The first-order chi connectivity index (χ1) is 17.0. The third kappa shape index (κ3) is 4.70. The molecule has 1 aliphatic carbocycles. The maximum Gasteiger partial charge on any atom is 0.410 e. The van der Waals surface area contributed by atoms with Gasteiger partial charge in [-0.05, 0) is 57.2 Å². The van der Waals surface area contributed by atoms with E-state index in [1.165, 1.54) is 18.5 Å². The van der Waals surface area contributed by atoms with E-state index in [9.17, 15) is 22.4 Å². The predicted octanol–water partition coefficient (Wildman–Crippen LogP) is 5.27. The molecular formula is C25H27F4N5O2. The van der Waals surface area contributed by atoms with Crippen LogP contribution in [0.5, 0.6) is 0 Å². The molecule has 1 saturated carbocycles. The summed E-state index contributed by atoms with van der Waals surface area (Å²) in [5.41, 5.74) is 0.816. The van der Waals surface area contributed by atoms with Crippen LogP contribution >= 0.6 is 0 Å². The molecule has 1 saturated heterocycles. The Balaban J connectivity index is 1.54. The second kappa shape index (κ2) is 8.94. The van der Waals surface area contributed by atoms with Crippen molar-refractivity contribution in [2.75, 3.05) is 24.5 Å². The van der Waals surface area contributed by atoms with Crippen molar-refractivity contribution < 1.29 is 27.1 Å². The molecule has 1 aliphatic heterocycles. The lowest BCUT2D eigenvalue weighted by Gasteiger charge is -2.41. The highest BCUT2D eigenvalue weighted by Gasteiger charge is 2.40. The molecule has 36 heavy (non-hydrogen) atoms. The second-order valence-electron chi connectivity index (χ2n) is 10.3. The number of amides is 1. The number of halogens is 4. The third-order valence-electron chi connectivity index (χ3n) is 6.37. The van der Waals surface area contributed by atoms with E-state index in [4.69, 9.17) is 4.74 Å². The Labute approximate surface area is 205 Å². The summed E-state index contributed by atoms with van der Waals surface area (Å²) in [6, 6.07) is 1.84. The van der Waals surface area contributed by atoms with E-state index in [-0.39, 0.29) is 31.2 Å². The molecule has 1 unspecified atom stereocenters. The van der Waals surface area contributed by atoms with Crippen molar-refractivity contribution in [3.8, 4) is 5.69 Å². The van der Waals surface area contributed by atoms with E-state index in [1.54, 1.807) is 36.4 Å². The van der Waals surface area contributed by atoms with E-state index in [0.717, 1.165) is 29.4 Å². The number of aromatic nitrogens is 3. The van der Waals surface area contributed by atoms with Gasteiger partial charge in [0.1, 0.15) is 41.1 Å². The van der Waals surface area contributed by atoms with Gasteiger partial charge in [-0.1, -0.05) is 0 Å².